The zero-order chi connectivity index (χ0) is 13.7. The van der Waals surface area contributed by atoms with Gasteiger partial charge in [0.2, 0.25) is 0 Å². The van der Waals surface area contributed by atoms with Crippen molar-refractivity contribution in [3.8, 4) is 0 Å². The van der Waals surface area contributed by atoms with Gasteiger partial charge in [0.25, 0.3) is 0 Å². The number of hydrogen-bond donors (Lipinski definition) is 2. The summed E-state index contributed by atoms with van der Waals surface area (Å²) in [6.45, 7) is 2.57. The number of aryl methyl sites for hydroxylation is 1. The van der Waals surface area contributed by atoms with E-state index in [0.29, 0.717) is 0 Å². The monoisotopic (exact) mass is 268 g/mol. The molecule has 2 N–H and O–H groups in total. The molecular formula is C12H20N4O3. The van der Waals surface area contributed by atoms with Crippen molar-refractivity contribution in [2.75, 3.05) is 13.2 Å². The first-order chi connectivity index (χ1) is 9.22. The zero-order valence-electron chi connectivity index (χ0n) is 11.1. The highest BCUT2D eigenvalue weighted by Gasteiger charge is 2.20. The van der Waals surface area contributed by atoms with E-state index < -0.39 is 6.09 Å². The van der Waals surface area contributed by atoms with Crippen LogP contribution >= 0.6 is 0 Å². The third-order valence-corrected chi connectivity index (χ3v) is 3.18. The molecule has 0 spiro atoms. The molecule has 106 valence electrons. The first kappa shape index (κ1) is 13.8. The number of alkyl carbamates (subject to hydrolysis) is 1. The summed E-state index contributed by atoms with van der Waals surface area (Å²) in [5, 5.41) is 19.6. The largest absolute Gasteiger partial charge is 0.447 e. The van der Waals surface area contributed by atoms with Gasteiger partial charge in [0.05, 0.1) is 12.6 Å². The first-order valence-electron chi connectivity index (χ1n) is 6.68. The summed E-state index contributed by atoms with van der Waals surface area (Å²) < 4.78 is 6.86. The van der Waals surface area contributed by atoms with Gasteiger partial charge in [-0.25, -0.2) is 4.79 Å². The van der Waals surface area contributed by atoms with Crippen LogP contribution in [0.15, 0.2) is 0 Å². The normalized spacial score (nSPS) is 16.3. The Balaban J connectivity index is 2.01. The van der Waals surface area contributed by atoms with Gasteiger partial charge in [-0.05, 0) is 19.8 Å². The Labute approximate surface area is 112 Å². The molecule has 0 bridgehead atoms. The summed E-state index contributed by atoms with van der Waals surface area (Å²) in [6.07, 6.45) is 3.84. The smallest absolute Gasteiger partial charge is 0.407 e. The summed E-state index contributed by atoms with van der Waals surface area (Å²) in [5.41, 5.74) is 0. The molecule has 1 aromatic rings. The van der Waals surface area contributed by atoms with Crippen LogP contribution < -0.4 is 5.32 Å². The molecule has 1 atom stereocenters. The second-order valence-electron chi connectivity index (χ2n) is 4.66. The van der Waals surface area contributed by atoms with Crippen molar-refractivity contribution >= 4 is 6.09 Å². The molecule has 0 aromatic carbocycles. The molecule has 0 aliphatic carbocycles. The second-order valence-corrected chi connectivity index (χ2v) is 4.66. The molecule has 1 aliphatic heterocycles. The number of ether oxygens (including phenoxy) is 1. The van der Waals surface area contributed by atoms with E-state index >= 15 is 0 Å². The molecule has 19 heavy (non-hydrogen) atoms. The van der Waals surface area contributed by atoms with Crippen LogP contribution in [-0.2, 0) is 17.7 Å². The van der Waals surface area contributed by atoms with Gasteiger partial charge in [-0.1, -0.05) is 6.42 Å². The number of rotatable bonds is 4. The lowest BCUT2D eigenvalue weighted by molar-refractivity contribution is 0.116. The van der Waals surface area contributed by atoms with Gasteiger partial charge in [-0.3, -0.25) is 0 Å². The highest BCUT2D eigenvalue weighted by molar-refractivity contribution is 5.67. The van der Waals surface area contributed by atoms with Gasteiger partial charge in [-0.15, -0.1) is 10.2 Å². The van der Waals surface area contributed by atoms with Crippen LogP contribution in [0.5, 0.6) is 0 Å². The predicted molar refractivity (Wildman–Crippen MR) is 67.6 cm³/mol. The molecule has 2 heterocycles. The Kier molecular flexibility index (Phi) is 4.73. The van der Waals surface area contributed by atoms with E-state index in [1.54, 1.807) is 0 Å². The molecular weight excluding hydrogens is 248 g/mol. The van der Waals surface area contributed by atoms with Crippen LogP contribution in [-0.4, -0.2) is 39.2 Å². The van der Waals surface area contributed by atoms with Gasteiger partial charge in [-0.2, -0.15) is 0 Å². The van der Waals surface area contributed by atoms with Gasteiger partial charge in [0.15, 0.2) is 5.82 Å². The van der Waals surface area contributed by atoms with Crippen molar-refractivity contribution in [1.82, 2.24) is 20.1 Å². The van der Waals surface area contributed by atoms with Crippen LogP contribution in [0.4, 0.5) is 4.79 Å². The Bertz CT molecular complexity index is 433. The Morgan fingerprint density at radius 1 is 1.47 bits per heavy atom. The van der Waals surface area contributed by atoms with Gasteiger partial charge in [0, 0.05) is 13.0 Å². The minimum Gasteiger partial charge on any atom is -0.447 e. The van der Waals surface area contributed by atoms with Crippen molar-refractivity contribution in [3.05, 3.63) is 11.6 Å². The molecule has 2 rings (SSSR count). The van der Waals surface area contributed by atoms with Crippen LogP contribution in [0, 0.1) is 0 Å². The second kappa shape index (κ2) is 6.51. The molecule has 7 heteroatoms. The van der Waals surface area contributed by atoms with Gasteiger partial charge < -0.3 is 19.7 Å². The maximum atomic E-state index is 11.4. The van der Waals surface area contributed by atoms with Crippen LogP contribution in [0.1, 0.15) is 43.9 Å². The number of nitrogens with one attached hydrogen (secondary N) is 1. The predicted octanol–water partition coefficient (Wildman–Crippen LogP) is 0.784. The number of fused-ring (bicyclic) bond motifs is 1. The van der Waals surface area contributed by atoms with Crippen molar-refractivity contribution < 1.29 is 14.6 Å². The number of aliphatic hydroxyl groups excluding tert-OH is 1. The van der Waals surface area contributed by atoms with Crippen molar-refractivity contribution in [1.29, 1.82) is 0 Å². The van der Waals surface area contributed by atoms with Crippen LogP contribution in [0.2, 0.25) is 0 Å². The van der Waals surface area contributed by atoms with E-state index in [0.717, 1.165) is 37.5 Å². The maximum absolute atomic E-state index is 11.4. The zero-order valence-corrected chi connectivity index (χ0v) is 11.1. The first-order valence-corrected chi connectivity index (χ1v) is 6.68. The fourth-order valence-electron chi connectivity index (χ4n) is 2.25. The number of hydrogen-bond acceptors (Lipinski definition) is 5. The third-order valence-electron chi connectivity index (χ3n) is 3.18. The van der Waals surface area contributed by atoms with Crippen molar-refractivity contribution in [2.24, 2.45) is 0 Å². The fraction of sp³-hybridized carbons (Fsp3) is 0.750. The minimum atomic E-state index is -0.549. The lowest BCUT2D eigenvalue weighted by Gasteiger charge is -2.15. The third kappa shape index (κ3) is 3.44. The average Bonchev–Trinajstić information content (AvgIpc) is 2.66. The van der Waals surface area contributed by atoms with E-state index in [9.17, 15) is 4.79 Å². The Morgan fingerprint density at radius 3 is 3.11 bits per heavy atom. The molecule has 1 aromatic heterocycles. The van der Waals surface area contributed by atoms with E-state index in [2.05, 4.69) is 20.1 Å². The molecule has 0 saturated carbocycles. The number of nitrogens with zero attached hydrogens (tertiary/aromatic N) is 3. The van der Waals surface area contributed by atoms with Gasteiger partial charge in [0.1, 0.15) is 12.4 Å². The number of amides is 1. The number of carbonyl (C=O) groups is 1. The molecule has 0 radical (unpaired) electrons. The van der Waals surface area contributed by atoms with E-state index in [4.69, 9.17) is 9.84 Å². The molecule has 1 amide bonds. The Morgan fingerprint density at radius 2 is 2.32 bits per heavy atom. The maximum Gasteiger partial charge on any atom is 0.407 e. The SMILES string of the molecule is CC(NC(=O)OCCO)c1nnc2n1CCCCC2. The average molecular weight is 268 g/mol. The topological polar surface area (TPSA) is 89.3 Å². The summed E-state index contributed by atoms with van der Waals surface area (Å²) >= 11 is 0. The van der Waals surface area contributed by atoms with Crippen molar-refractivity contribution in [3.63, 3.8) is 0 Å². The molecule has 7 nitrogen and oxygen atoms in total. The lowest BCUT2D eigenvalue weighted by Crippen LogP contribution is -2.30. The summed E-state index contributed by atoms with van der Waals surface area (Å²) in [5.74, 6) is 1.75. The molecule has 0 saturated heterocycles. The number of carbonyl (C=O) groups excluding carboxylic acids is 1. The highest BCUT2D eigenvalue weighted by atomic mass is 16.6. The summed E-state index contributed by atoms with van der Waals surface area (Å²) in [6, 6.07) is -0.259. The fourth-order valence-corrected chi connectivity index (χ4v) is 2.25. The van der Waals surface area contributed by atoms with E-state index in [-0.39, 0.29) is 19.3 Å². The molecule has 0 fully saturated rings. The number of aromatic nitrogens is 3. The van der Waals surface area contributed by atoms with Crippen molar-refractivity contribution in [2.45, 2.75) is 45.2 Å². The van der Waals surface area contributed by atoms with E-state index in [1.807, 2.05) is 6.92 Å². The van der Waals surface area contributed by atoms with Gasteiger partial charge >= 0.3 is 6.09 Å². The molecule has 1 aliphatic rings. The lowest BCUT2D eigenvalue weighted by atomic mass is 10.2. The molecule has 1 unspecified atom stereocenters. The van der Waals surface area contributed by atoms with Crippen LogP contribution in [0.25, 0.3) is 0 Å². The quantitative estimate of drug-likeness (QED) is 0.842. The van der Waals surface area contributed by atoms with E-state index in [1.165, 1.54) is 6.42 Å². The van der Waals surface area contributed by atoms with Crippen LogP contribution in [0.3, 0.4) is 0 Å². The standard InChI is InChI=1S/C12H20N4O3/c1-9(13-12(18)19-8-7-17)11-15-14-10-5-3-2-4-6-16(10)11/h9,17H,2-8H2,1H3,(H,13,18). The number of aliphatic hydroxyl groups is 1. The summed E-state index contributed by atoms with van der Waals surface area (Å²) in [7, 11) is 0. The highest BCUT2D eigenvalue weighted by Crippen LogP contribution is 2.18. The Hall–Kier alpha value is -1.63. The minimum absolute atomic E-state index is 0.00348. The summed E-state index contributed by atoms with van der Waals surface area (Å²) in [4.78, 5) is 11.4.